The second-order valence-electron chi connectivity index (χ2n) is 6.77. The number of aromatic nitrogens is 2. The third-order valence-corrected chi connectivity index (χ3v) is 4.44. The van der Waals surface area contributed by atoms with Crippen LogP contribution >= 0.6 is 12.2 Å². The number of hydrogen-bond acceptors (Lipinski definition) is 5. The molecule has 0 saturated carbocycles. The van der Waals surface area contributed by atoms with Gasteiger partial charge in [0.1, 0.15) is 0 Å². The molecule has 1 amide bonds. The number of fused-ring (bicyclic) bond motifs is 1. The largest absolute Gasteiger partial charge is 0.360 e. The number of benzene rings is 1. The molecule has 2 rings (SSSR count). The number of likely N-dealkylation sites (N-methyl/N-ethyl adjacent to an activating group) is 1. The first-order valence-electron chi connectivity index (χ1n) is 9.42. The fraction of sp³-hybridized carbons (Fsp3) is 0.474. The lowest BCUT2D eigenvalue weighted by molar-refractivity contribution is 0.0938. The van der Waals surface area contributed by atoms with E-state index < -0.39 is 5.91 Å². The van der Waals surface area contributed by atoms with E-state index in [1.807, 2.05) is 19.0 Å². The highest BCUT2D eigenvalue weighted by atomic mass is 32.1. The zero-order valence-corrected chi connectivity index (χ0v) is 17.4. The standard InChI is InChI=1S/C19H28N6O2S/c1-4-5-8-12-25-18(27)15-10-7-6-9-14(15)16(23-25)17(26)21-22-19(28)20-11-13-24(2)3/h6-7,9-10H,4-5,8,11-13H2,1-3H3,(H,21,26)(H2,20,22,28). The van der Waals surface area contributed by atoms with E-state index in [0.717, 1.165) is 25.8 Å². The molecule has 0 aliphatic heterocycles. The summed E-state index contributed by atoms with van der Waals surface area (Å²) in [6.45, 7) is 4.04. The highest BCUT2D eigenvalue weighted by molar-refractivity contribution is 7.80. The first-order chi connectivity index (χ1) is 13.4. The molecule has 0 fully saturated rings. The molecule has 1 aromatic carbocycles. The number of thiocarbonyl (C=S) groups is 1. The first-order valence-corrected chi connectivity index (χ1v) is 9.83. The van der Waals surface area contributed by atoms with Gasteiger partial charge >= 0.3 is 0 Å². The second kappa shape index (κ2) is 10.7. The van der Waals surface area contributed by atoms with Gasteiger partial charge in [-0.05, 0) is 38.8 Å². The van der Waals surface area contributed by atoms with Crippen molar-refractivity contribution >= 4 is 34.0 Å². The van der Waals surface area contributed by atoms with E-state index in [-0.39, 0.29) is 11.3 Å². The normalized spacial score (nSPS) is 10.9. The first kappa shape index (κ1) is 21.8. The molecule has 1 heterocycles. The van der Waals surface area contributed by atoms with Crippen molar-refractivity contribution in [3.63, 3.8) is 0 Å². The highest BCUT2D eigenvalue weighted by Crippen LogP contribution is 2.13. The quantitative estimate of drug-likeness (QED) is 0.347. The molecule has 0 bridgehead atoms. The lowest BCUT2D eigenvalue weighted by Gasteiger charge is -2.15. The van der Waals surface area contributed by atoms with Gasteiger partial charge in [0.25, 0.3) is 11.5 Å². The number of nitrogens with one attached hydrogen (secondary N) is 3. The van der Waals surface area contributed by atoms with Crippen molar-refractivity contribution in [1.29, 1.82) is 0 Å². The van der Waals surface area contributed by atoms with Gasteiger partial charge in [-0.15, -0.1) is 0 Å². The van der Waals surface area contributed by atoms with Crippen molar-refractivity contribution < 1.29 is 4.79 Å². The summed E-state index contributed by atoms with van der Waals surface area (Å²) in [5, 5.41) is 8.63. The Balaban J connectivity index is 2.15. The van der Waals surface area contributed by atoms with Crippen LogP contribution in [0.3, 0.4) is 0 Å². The molecule has 9 heteroatoms. The molecule has 2 aromatic rings. The molecule has 28 heavy (non-hydrogen) atoms. The zero-order valence-electron chi connectivity index (χ0n) is 16.6. The number of hydrogen-bond donors (Lipinski definition) is 3. The van der Waals surface area contributed by atoms with Gasteiger partial charge in [0.2, 0.25) is 0 Å². The average molecular weight is 405 g/mol. The Hall–Kier alpha value is -2.52. The highest BCUT2D eigenvalue weighted by Gasteiger charge is 2.16. The van der Waals surface area contributed by atoms with Crippen molar-refractivity contribution in [2.24, 2.45) is 0 Å². The van der Waals surface area contributed by atoms with Crippen molar-refractivity contribution in [1.82, 2.24) is 30.8 Å². The number of unbranched alkanes of at least 4 members (excludes halogenated alkanes) is 2. The number of carbonyl (C=O) groups is 1. The minimum atomic E-state index is -0.447. The topological polar surface area (TPSA) is 91.3 Å². The van der Waals surface area contributed by atoms with Gasteiger partial charge in [-0.2, -0.15) is 5.10 Å². The number of amides is 1. The van der Waals surface area contributed by atoms with Crippen LogP contribution in [-0.2, 0) is 6.54 Å². The maximum Gasteiger partial charge on any atom is 0.290 e. The number of carbonyl (C=O) groups excluding carboxylic acids is 1. The van der Waals surface area contributed by atoms with Crippen molar-refractivity contribution in [3.05, 3.63) is 40.3 Å². The van der Waals surface area contributed by atoms with Crippen molar-refractivity contribution in [2.75, 3.05) is 27.2 Å². The van der Waals surface area contributed by atoms with E-state index in [4.69, 9.17) is 12.2 Å². The van der Waals surface area contributed by atoms with Crippen LogP contribution in [0.2, 0.25) is 0 Å². The predicted molar refractivity (Wildman–Crippen MR) is 115 cm³/mol. The van der Waals surface area contributed by atoms with E-state index in [1.165, 1.54) is 4.68 Å². The molecule has 0 aliphatic carbocycles. The summed E-state index contributed by atoms with van der Waals surface area (Å²) in [6, 6.07) is 7.00. The van der Waals surface area contributed by atoms with E-state index in [0.29, 0.717) is 29.0 Å². The van der Waals surface area contributed by atoms with Crippen LogP contribution in [0.4, 0.5) is 0 Å². The molecule has 0 atom stereocenters. The second-order valence-corrected chi connectivity index (χ2v) is 7.18. The lowest BCUT2D eigenvalue weighted by atomic mass is 10.1. The number of hydrazine groups is 1. The summed E-state index contributed by atoms with van der Waals surface area (Å²) in [6.07, 6.45) is 2.87. The molecule has 0 unspecified atom stereocenters. The van der Waals surface area contributed by atoms with Gasteiger partial charge in [0.05, 0.1) is 5.39 Å². The SMILES string of the molecule is CCCCCn1nc(C(=O)NNC(=S)NCCN(C)C)c2ccccc2c1=O. The van der Waals surface area contributed by atoms with Gasteiger partial charge in [0.15, 0.2) is 10.8 Å². The maximum atomic E-state index is 12.7. The van der Waals surface area contributed by atoms with Gasteiger partial charge in [-0.1, -0.05) is 38.0 Å². The van der Waals surface area contributed by atoms with Gasteiger partial charge in [-0.25, -0.2) is 4.68 Å². The van der Waals surface area contributed by atoms with Crippen LogP contribution in [-0.4, -0.2) is 52.9 Å². The molecule has 8 nitrogen and oxygen atoms in total. The van der Waals surface area contributed by atoms with Crippen LogP contribution < -0.4 is 21.7 Å². The molecule has 0 radical (unpaired) electrons. The summed E-state index contributed by atoms with van der Waals surface area (Å²) < 4.78 is 1.38. The van der Waals surface area contributed by atoms with Crippen molar-refractivity contribution in [3.8, 4) is 0 Å². The Labute approximate surface area is 170 Å². The predicted octanol–water partition coefficient (Wildman–Crippen LogP) is 1.26. The molecule has 0 spiro atoms. The summed E-state index contributed by atoms with van der Waals surface area (Å²) in [5.41, 5.74) is 5.25. The Morgan fingerprint density at radius 1 is 1.18 bits per heavy atom. The molecule has 0 saturated heterocycles. The van der Waals surface area contributed by atoms with Gasteiger partial charge in [0, 0.05) is 25.0 Å². The van der Waals surface area contributed by atoms with E-state index in [1.54, 1.807) is 24.3 Å². The zero-order chi connectivity index (χ0) is 20.5. The minimum absolute atomic E-state index is 0.183. The molecule has 1 aromatic heterocycles. The average Bonchev–Trinajstić information content (AvgIpc) is 2.68. The van der Waals surface area contributed by atoms with Crippen molar-refractivity contribution in [2.45, 2.75) is 32.7 Å². The smallest absolute Gasteiger partial charge is 0.290 e. The summed E-state index contributed by atoms with van der Waals surface area (Å²) in [4.78, 5) is 27.4. The summed E-state index contributed by atoms with van der Waals surface area (Å²) in [7, 11) is 3.93. The Morgan fingerprint density at radius 3 is 2.57 bits per heavy atom. The Morgan fingerprint density at radius 2 is 1.89 bits per heavy atom. The molecule has 0 aliphatic rings. The lowest BCUT2D eigenvalue weighted by Crippen LogP contribution is -2.48. The van der Waals surface area contributed by atoms with E-state index >= 15 is 0 Å². The van der Waals surface area contributed by atoms with Gasteiger partial charge in [-0.3, -0.25) is 20.4 Å². The summed E-state index contributed by atoms with van der Waals surface area (Å²) >= 11 is 5.16. The monoisotopic (exact) mass is 404 g/mol. The fourth-order valence-corrected chi connectivity index (χ4v) is 2.83. The molecular formula is C19H28N6O2S. The minimum Gasteiger partial charge on any atom is -0.360 e. The molecule has 3 N–H and O–H groups in total. The fourth-order valence-electron chi connectivity index (χ4n) is 2.68. The Bertz CT molecular complexity index is 880. The molecular weight excluding hydrogens is 376 g/mol. The molecule has 152 valence electrons. The van der Waals surface area contributed by atoms with Crippen LogP contribution in [0, 0.1) is 0 Å². The maximum absolute atomic E-state index is 12.7. The van der Waals surface area contributed by atoms with Crippen LogP contribution in [0.5, 0.6) is 0 Å². The number of aryl methyl sites for hydroxylation is 1. The van der Waals surface area contributed by atoms with Crippen LogP contribution in [0.25, 0.3) is 10.8 Å². The Kier molecular flexibility index (Phi) is 8.34. The third kappa shape index (κ3) is 6.00. The summed E-state index contributed by atoms with van der Waals surface area (Å²) in [5.74, 6) is -0.447. The van der Waals surface area contributed by atoms with Crippen LogP contribution in [0.15, 0.2) is 29.1 Å². The van der Waals surface area contributed by atoms with E-state index in [9.17, 15) is 9.59 Å². The number of rotatable bonds is 8. The number of nitrogens with zero attached hydrogens (tertiary/aromatic N) is 3. The van der Waals surface area contributed by atoms with Gasteiger partial charge < -0.3 is 10.2 Å². The third-order valence-electron chi connectivity index (χ3n) is 4.19. The van der Waals surface area contributed by atoms with E-state index in [2.05, 4.69) is 28.2 Å². The van der Waals surface area contributed by atoms with Crippen LogP contribution in [0.1, 0.15) is 36.7 Å².